The minimum Gasteiger partial charge on any atom is -0.507 e. The van der Waals surface area contributed by atoms with Crippen LogP contribution in [0.4, 0.5) is 5.69 Å². The Bertz CT molecular complexity index is 1570. The quantitative estimate of drug-likeness (QED) is 0.181. The van der Waals surface area contributed by atoms with E-state index in [4.69, 9.17) is 9.47 Å². The van der Waals surface area contributed by atoms with Gasteiger partial charge in [-0.15, -0.1) is 0 Å². The summed E-state index contributed by atoms with van der Waals surface area (Å²) in [6.45, 7) is 4.18. The molecule has 1 heterocycles. The number of methoxy groups -OCH3 is 2. The molecular formula is C32H29NO5. The molecule has 0 bridgehead atoms. The summed E-state index contributed by atoms with van der Waals surface area (Å²) >= 11 is 0. The Morgan fingerprint density at radius 3 is 2.16 bits per heavy atom. The number of anilines is 1. The number of carbonyl (C=O) groups is 2. The number of ketones is 1. The molecule has 0 saturated carbocycles. The zero-order valence-corrected chi connectivity index (χ0v) is 21.8. The Labute approximate surface area is 221 Å². The van der Waals surface area contributed by atoms with E-state index in [1.165, 1.54) is 12.0 Å². The molecule has 1 saturated heterocycles. The van der Waals surface area contributed by atoms with Crippen LogP contribution < -0.4 is 14.4 Å². The molecular weight excluding hydrogens is 478 g/mol. The second-order valence-electron chi connectivity index (χ2n) is 9.59. The summed E-state index contributed by atoms with van der Waals surface area (Å²) in [6.07, 6.45) is 0. The van der Waals surface area contributed by atoms with Gasteiger partial charge < -0.3 is 14.6 Å². The molecule has 1 N–H and O–H groups in total. The van der Waals surface area contributed by atoms with Gasteiger partial charge in [0.05, 0.1) is 25.8 Å². The number of benzene rings is 4. The summed E-state index contributed by atoms with van der Waals surface area (Å²) < 4.78 is 10.9. The number of ether oxygens (including phenoxy) is 2. The summed E-state index contributed by atoms with van der Waals surface area (Å²) in [4.78, 5) is 28.5. The zero-order valence-electron chi connectivity index (χ0n) is 21.8. The topological polar surface area (TPSA) is 76.1 Å². The van der Waals surface area contributed by atoms with Crippen LogP contribution in [0.3, 0.4) is 0 Å². The average Bonchev–Trinajstić information content (AvgIpc) is 3.21. The van der Waals surface area contributed by atoms with Crippen LogP contribution in [0.25, 0.3) is 16.5 Å². The Hall–Kier alpha value is -4.58. The number of aliphatic hydroxyl groups is 1. The first-order valence-corrected chi connectivity index (χ1v) is 12.5. The first kappa shape index (κ1) is 25.1. The molecule has 6 heteroatoms. The highest BCUT2D eigenvalue weighted by atomic mass is 16.5. The van der Waals surface area contributed by atoms with E-state index in [9.17, 15) is 14.7 Å². The number of Topliss-reactive ketones (excluding diaryl/α,β-unsaturated/α-hetero) is 1. The van der Waals surface area contributed by atoms with E-state index in [-0.39, 0.29) is 11.3 Å². The van der Waals surface area contributed by atoms with Crippen molar-refractivity contribution in [2.45, 2.75) is 25.8 Å². The Morgan fingerprint density at radius 2 is 1.50 bits per heavy atom. The van der Waals surface area contributed by atoms with E-state index < -0.39 is 17.7 Å². The van der Waals surface area contributed by atoms with Crippen molar-refractivity contribution in [2.75, 3.05) is 19.1 Å². The molecule has 4 aromatic carbocycles. The van der Waals surface area contributed by atoms with E-state index >= 15 is 0 Å². The molecule has 1 fully saturated rings. The maximum Gasteiger partial charge on any atom is 0.300 e. The minimum absolute atomic E-state index is 0.0189. The smallest absolute Gasteiger partial charge is 0.300 e. The zero-order chi connectivity index (χ0) is 27.0. The predicted octanol–water partition coefficient (Wildman–Crippen LogP) is 6.61. The van der Waals surface area contributed by atoms with E-state index in [1.807, 2.05) is 60.7 Å². The third kappa shape index (κ3) is 4.28. The fraction of sp³-hybridized carbons (Fsp3) is 0.188. The number of hydrogen-bond donors (Lipinski definition) is 1. The molecule has 4 aromatic rings. The number of nitrogens with zero attached hydrogens (tertiary/aromatic N) is 1. The van der Waals surface area contributed by atoms with Crippen LogP contribution in [0.15, 0.2) is 90.5 Å². The average molecular weight is 508 g/mol. The highest BCUT2D eigenvalue weighted by Crippen LogP contribution is 2.44. The summed E-state index contributed by atoms with van der Waals surface area (Å²) in [7, 11) is 3.07. The van der Waals surface area contributed by atoms with Crippen molar-refractivity contribution < 1.29 is 24.2 Å². The predicted molar refractivity (Wildman–Crippen MR) is 149 cm³/mol. The summed E-state index contributed by atoms with van der Waals surface area (Å²) in [5.74, 6) is -0.391. The second-order valence-corrected chi connectivity index (χ2v) is 9.59. The van der Waals surface area contributed by atoms with Crippen molar-refractivity contribution in [2.24, 2.45) is 0 Å². The van der Waals surface area contributed by atoms with Crippen LogP contribution in [0, 0.1) is 0 Å². The van der Waals surface area contributed by atoms with E-state index in [0.717, 1.165) is 16.3 Å². The number of aliphatic hydroxyl groups excluding tert-OH is 1. The summed E-state index contributed by atoms with van der Waals surface area (Å²) in [6, 6.07) is 25.2. The van der Waals surface area contributed by atoms with Crippen molar-refractivity contribution in [1.29, 1.82) is 0 Å². The van der Waals surface area contributed by atoms with Crippen molar-refractivity contribution in [1.82, 2.24) is 0 Å². The van der Waals surface area contributed by atoms with Crippen molar-refractivity contribution in [3.63, 3.8) is 0 Å². The van der Waals surface area contributed by atoms with Crippen molar-refractivity contribution >= 4 is 33.9 Å². The number of hydrogen-bond acceptors (Lipinski definition) is 5. The highest BCUT2D eigenvalue weighted by molar-refractivity contribution is 6.51. The standard InChI is InChI=1S/C32H29NO5/c1-19(2)20-11-14-25(15-12-20)33-29(23-13-16-26(37-3)27(18-23)38-4)28(31(35)32(33)36)30(34)24-10-9-21-7-5-6-8-22(21)17-24/h5-19,29,34H,1-4H3/b30-28+. The van der Waals surface area contributed by atoms with Gasteiger partial charge in [0.1, 0.15) is 5.76 Å². The first-order valence-electron chi connectivity index (χ1n) is 12.5. The molecule has 1 aliphatic heterocycles. The highest BCUT2D eigenvalue weighted by Gasteiger charge is 2.47. The number of carbonyl (C=O) groups excluding carboxylic acids is 2. The summed E-state index contributed by atoms with van der Waals surface area (Å²) in [5, 5.41) is 13.5. The van der Waals surface area contributed by atoms with Crippen LogP contribution >= 0.6 is 0 Å². The lowest BCUT2D eigenvalue weighted by atomic mass is 9.94. The van der Waals surface area contributed by atoms with Gasteiger partial charge in [0, 0.05) is 11.3 Å². The normalized spacial score (nSPS) is 16.9. The third-order valence-corrected chi connectivity index (χ3v) is 7.03. The summed E-state index contributed by atoms with van der Waals surface area (Å²) in [5.41, 5.74) is 2.77. The van der Waals surface area contributed by atoms with Gasteiger partial charge >= 0.3 is 0 Å². The molecule has 0 aromatic heterocycles. The van der Waals surface area contributed by atoms with Gasteiger partial charge in [0.2, 0.25) is 0 Å². The van der Waals surface area contributed by atoms with Gasteiger partial charge in [-0.05, 0) is 58.1 Å². The fourth-order valence-electron chi connectivity index (χ4n) is 4.95. The molecule has 1 atom stereocenters. The van der Waals surface area contributed by atoms with E-state index in [2.05, 4.69) is 13.8 Å². The number of amides is 1. The lowest BCUT2D eigenvalue weighted by Crippen LogP contribution is -2.29. The third-order valence-electron chi connectivity index (χ3n) is 7.03. The van der Waals surface area contributed by atoms with Crippen LogP contribution in [-0.4, -0.2) is 31.0 Å². The Morgan fingerprint density at radius 1 is 0.816 bits per heavy atom. The maximum absolute atomic E-state index is 13.5. The lowest BCUT2D eigenvalue weighted by molar-refractivity contribution is -0.132. The molecule has 0 spiro atoms. The number of rotatable bonds is 6. The van der Waals surface area contributed by atoms with E-state index in [0.29, 0.717) is 34.2 Å². The van der Waals surface area contributed by atoms with Gasteiger partial charge in [-0.1, -0.05) is 68.4 Å². The van der Waals surface area contributed by atoms with Crippen LogP contribution in [0.5, 0.6) is 11.5 Å². The molecule has 0 radical (unpaired) electrons. The van der Waals surface area contributed by atoms with Gasteiger partial charge in [-0.2, -0.15) is 0 Å². The molecule has 1 unspecified atom stereocenters. The van der Waals surface area contributed by atoms with Gasteiger partial charge in [0.25, 0.3) is 11.7 Å². The molecule has 38 heavy (non-hydrogen) atoms. The second kappa shape index (κ2) is 10.1. The van der Waals surface area contributed by atoms with Gasteiger partial charge in [0.15, 0.2) is 11.5 Å². The molecule has 6 nitrogen and oxygen atoms in total. The van der Waals surface area contributed by atoms with Crippen molar-refractivity contribution in [3.05, 3.63) is 107 Å². The minimum atomic E-state index is -0.869. The largest absolute Gasteiger partial charge is 0.507 e. The van der Waals surface area contributed by atoms with Crippen LogP contribution in [-0.2, 0) is 9.59 Å². The van der Waals surface area contributed by atoms with Gasteiger partial charge in [-0.3, -0.25) is 14.5 Å². The Kier molecular flexibility index (Phi) is 6.64. The Balaban J connectivity index is 1.72. The molecule has 1 aliphatic rings. The van der Waals surface area contributed by atoms with Crippen LogP contribution in [0.1, 0.15) is 42.5 Å². The molecule has 5 rings (SSSR count). The van der Waals surface area contributed by atoms with Gasteiger partial charge in [-0.25, -0.2) is 0 Å². The van der Waals surface area contributed by atoms with Crippen molar-refractivity contribution in [3.8, 4) is 11.5 Å². The van der Waals surface area contributed by atoms with E-state index in [1.54, 1.807) is 31.4 Å². The fourth-order valence-corrected chi connectivity index (χ4v) is 4.95. The lowest BCUT2D eigenvalue weighted by Gasteiger charge is -2.26. The first-order chi connectivity index (χ1) is 18.3. The maximum atomic E-state index is 13.5. The SMILES string of the molecule is COc1ccc(C2/C(=C(\O)c3ccc4ccccc4c3)C(=O)C(=O)N2c2ccc(C(C)C)cc2)cc1OC. The monoisotopic (exact) mass is 507 g/mol. The molecule has 0 aliphatic carbocycles. The van der Waals surface area contributed by atoms with Crippen LogP contribution in [0.2, 0.25) is 0 Å². The number of fused-ring (bicyclic) bond motifs is 1. The molecule has 192 valence electrons. The molecule has 1 amide bonds.